The van der Waals surface area contributed by atoms with E-state index in [2.05, 4.69) is 5.32 Å². The highest BCUT2D eigenvalue weighted by molar-refractivity contribution is 6.30. The molecule has 110 valence electrons. The van der Waals surface area contributed by atoms with E-state index in [0.717, 1.165) is 11.1 Å². The number of amides is 1. The van der Waals surface area contributed by atoms with Gasteiger partial charge in [-0.15, -0.1) is 0 Å². The van der Waals surface area contributed by atoms with Crippen LogP contribution in [0.4, 0.5) is 0 Å². The molecule has 0 saturated heterocycles. The van der Waals surface area contributed by atoms with Crippen LogP contribution in [-0.2, 0) is 11.2 Å². The van der Waals surface area contributed by atoms with Crippen LogP contribution in [-0.4, -0.2) is 13.0 Å². The maximum Gasteiger partial charge on any atom is 0.225 e. The number of methoxy groups -OCH3 is 1. The summed E-state index contributed by atoms with van der Waals surface area (Å²) in [6, 6.07) is 15.1. The average molecular weight is 304 g/mol. The van der Waals surface area contributed by atoms with E-state index in [-0.39, 0.29) is 18.4 Å². The molecule has 1 unspecified atom stereocenters. The third kappa shape index (κ3) is 4.23. The van der Waals surface area contributed by atoms with Crippen LogP contribution in [0.25, 0.3) is 0 Å². The Kier molecular flexibility index (Phi) is 5.23. The number of carbonyl (C=O) groups is 1. The Labute approximate surface area is 129 Å². The highest BCUT2D eigenvalue weighted by atomic mass is 35.5. The Morgan fingerprint density at radius 3 is 2.62 bits per heavy atom. The lowest BCUT2D eigenvalue weighted by molar-refractivity contribution is -0.121. The first-order chi connectivity index (χ1) is 10.1. The molecule has 4 heteroatoms. The van der Waals surface area contributed by atoms with Crippen LogP contribution in [0.15, 0.2) is 48.5 Å². The summed E-state index contributed by atoms with van der Waals surface area (Å²) in [6.45, 7) is 1.96. The lowest BCUT2D eigenvalue weighted by Gasteiger charge is -2.15. The summed E-state index contributed by atoms with van der Waals surface area (Å²) >= 11 is 5.97. The van der Waals surface area contributed by atoms with Crippen molar-refractivity contribution in [3.63, 3.8) is 0 Å². The largest absolute Gasteiger partial charge is 0.496 e. The van der Waals surface area contributed by atoms with E-state index in [1.165, 1.54) is 0 Å². The predicted octanol–water partition coefficient (Wildman–Crippen LogP) is 3.77. The number of hydrogen-bond donors (Lipinski definition) is 1. The third-order valence-corrected chi connectivity index (χ3v) is 3.51. The van der Waals surface area contributed by atoms with E-state index in [1.54, 1.807) is 25.3 Å². The van der Waals surface area contributed by atoms with Crippen molar-refractivity contribution in [2.75, 3.05) is 7.11 Å². The van der Waals surface area contributed by atoms with Crippen LogP contribution in [0.1, 0.15) is 24.1 Å². The Morgan fingerprint density at radius 1 is 1.24 bits per heavy atom. The van der Waals surface area contributed by atoms with Crippen molar-refractivity contribution in [3.05, 3.63) is 64.7 Å². The van der Waals surface area contributed by atoms with Gasteiger partial charge in [-0.1, -0.05) is 41.9 Å². The van der Waals surface area contributed by atoms with Crippen LogP contribution in [0.3, 0.4) is 0 Å². The second-order valence-corrected chi connectivity index (χ2v) is 5.27. The van der Waals surface area contributed by atoms with Gasteiger partial charge in [0.1, 0.15) is 5.75 Å². The van der Waals surface area contributed by atoms with E-state index < -0.39 is 0 Å². The fourth-order valence-electron chi connectivity index (χ4n) is 2.18. The van der Waals surface area contributed by atoms with Gasteiger partial charge in [-0.05, 0) is 30.7 Å². The number of hydrogen-bond acceptors (Lipinski definition) is 2. The van der Waals surface area contributed by atoms with Gasteiger partial charge in [0, 0.05) is 10.6 Å². The number of rotatable bonds is 5. The Morgan fingerprint density at radius 2 is 1.95 bits per heavy atom. The SMILES string of the molecule is COc1ccc(Cl)cc1CC(=O)NC(C)c1ccccc1. The van der Waals surface area contributed by atoms with Crippen LogP contribution < -0.4 is 10.1 Å². The molecular weight excluding hydrogens is 286 g/mol. The van der Waals surface area contributed by atoms with Gasteiger partial charge in [-0.3, -0.25) is 4.79 Å². The quantitative estimate of drug-likeness (QED) is 0.913. The molecule has 21 heavy (non-hydrogen) atoms. The summed E-state index contributed by atoms with van der Waals surface area (Å²) in [5.74, 6) is 0.605. The van der Waals surface area contributed by atoms with E-state index in [0.29, 0.717) is 10.8 Å². The van der Waals surface area contributed by atoms with Gasteiger partial charge in [0.2, 0.25) is 5.91 Å². The van der Waals surface area contributed by atoms with E-state index in [9.17, 15) is 4.79 Å². The Hall–Kier alpha value is -2.00. The van der Waals surface area contributed by atoms with Crippen molar-refractivity contribution >= 4 is 17.5 Å². The Balaban J connectivity index is 2.04. The standard InChI is InChI=1S/C17H18ClNO2/c1-12(13-6-4-3-5-7-13)19-17(20)11-14-10-15(18)8-9-16(14)21-2/h3-10,12H,11H2,1-2H3,(H,19,20). The smallest absolute Gasteiger partial charge is 0.225 e. The molecule has 0 fully saturated rings. The molecule has 1 atom stereocenters. The second kappa shape index (κ2) is 7.14. The molecule has 2 aromatic carbocycles. The molecule has 0 heterocycles. The molecule has 0 aliphatic heterocycles. The average Bonchev–Trinajstić information content (AvgIpc) is 2.48. The first kappa shape index (κ1) is 15.4. The predicted molar refractivity (Wildman–Crippen MR) is 84.7 cm³/mol. The van der Waals surface area contributed by atoms with Crippen LogP contribution in [0, 0.1) is 0 Å². The molecule has 0 aliphatic rings. The summed E-state index contributed by atoms with van der Waals surface area (Å²) in [5.41, 5.74) is 1.85. The van der Waals surface area contributed by atoms with E-state index >= 15 is 0 Å². The molecule has 0 radical (unpaired) electrons. The summed E-state index contributed by atoms with van der Waals surface area (Å²) in [5, 5.41) is 3.57. The third-order valence-electron chi connectivity index (χ3n) is 3.27. The molecule has 1 amide bonds. The molecule has 0 saturated carbocycles. The molecule has 3 nitrogen and oxygen atoms in total. The first-order valence-corrected chi connectivity index (χ1v) is 7.14. The highest BCUT2D eigenvalue weighted by Gasteiger charge is 2.12. The molecule has 2 rings (SSSR count). The summed E-state index contributed by atoms with van der Waals surface area (Å²) in [4.78, 5) is 12.2. The van der Waals surface area contributed by atoms with E-state index in [4.69, 9.17) is 16.3 Å². The lowest BCUT2D eigenvalue weighted by Crippen LogP contribution is -2.28. The highest BCUT2D eigenvalue weighted by Crippen LogP contribution is 2.23. The van der Waals surface area contributed by atoms with Gasteiger partial charge in [0.25, 0.3) is 0 Å². The molecular formula is C17H18ClNO2. The van der Waals surface area contributed by atoms with E-state index in [1.807, 2.05) is 37.3 Å². The molecule has 2 aromatic rings. The van der Waals surface area contributed by atoms with Gasteiger partial charge < -0.3 is 10.1 Å². The normalized spacial score (nSPS) is 11.8. The van der Waals surface area contributed by atoms with Crippen LogP contribution in [0.5, 0.6) is 5.75 Å². The van der Waals surface area contributed by atoms with Crippen molar-refractivity contribution in [2.24, 2.45) is 0 Å². The monoisotopic (exact) mass is 303 g/mol. The summed E-state index contributed by atoms with van der Waals surface area (Å²) in [6.07, 6.45) is 0.237. The molecule has 0 aliphatic carbocycles. The minimum absolute atomic E-state index is 0.0381. The molecule has 0 bridgehead atoms. The fraction of sp³-hybridized carbons (Fsp3) is 0.235. The zero-order valence-electron chi connectivity index (χ0n) is 12.1. The first-order valence-electron chi connectivity index (χ1n) is 6.77. The number of carbonyl (C=O) groups excluding carboxylic acids is 1. The lowest BCUT2D eigenvalue weighted by atomic mass is 10.1. The minimum Gasteiger partial charge on any atom is -0.496 e. The maximum absolute atomic E-state index is 12.2. The number of halogens is 1. The maximum atomic E-state index is 12.2. The number of nitrogens with one attached hydrogen (secondary N) is 1. The fourth-order valence-corrected chi connectivity index (χ4v) is 2.37. The van der Waals surface area contributed by atoms with Crippen molar-refractivity contribution in [1.82, 2.24) is 5.32 Å². The Bertz CT molecular complexity index is 613. The summed E-state index contributed by atoms with van der Waals surface area (Å²) in [7, 11) is 1.58. The van der Waals surface area contributed by atoms with Crippen molar-refractivity contribution < 1.29 is 9.53 Å². The minimum atomic E-state index is -0.0630. The zero-order chi connectivity index (χ0) is 15.2. The van der Waals surface area contributed by atoms with Crippen LogP contribution in [0.2, 0.25) is 5.02 Å². The van der Waals surface area contributed by atoms with Gasteiger partial charge in [0.05, 0.1) is 19.6 Å². The van der Waals surface area contributed by atoms with Crippen molar-refractivity contribution in [2.45, 2.75) is 19.4 Å². The van der Waals surface area contributed by atoms with Crippen molar-refractivity contribution in [1.29, 1.82) is 0 Å². The number of ether oxygens (including phenoxy) is 1. The number of benzene rings is 2. The van der Waals surface area contributed by atoms with Gasteiger partial charge in [-0.2, -0.15) is 0 Å². The zero-order valence-corrected chi connectivity index (χ0v) is 12.9. The molecule has 0 spiro atoms. The second-order valence-electron chi connectivity index (χ2n) is 4.83. The van der Waals surface area contributed by atoms with Crippen molar-refractivity contribution in [3.8, 4) is 5.75 Å². The summed E-state index contributed by atoms with van der Waals surface area (Å²) < 4.78 is 5.25. The van der Waals surface area contributed by atoms with Gasteiger partial charge in [0.15, 0.2) is 0 Å². The van der Waals surface area contributed by atoms with Crippen LogP contribution >= 0.6 is 11.6 Å². The van der Waals surface area contributed by atoms with Gasteiger partial charge >= 0.3 is 0 Å². The topological polar surface area (TPSA) is 38.3 Å². The molecule has 1 N–H and O–H groups in total. The molecule has 0 aromatic heterocycles. The van der Waals surface area contributed by atoms with Gasteiger partial charge in [-0.25, -0.2) is 0 Å².